The number of nitrogens with zero attached hydrogens (tertiary/aromatic N) is 7. The Hall–Kier alpha value is -4.27. The monoisotopic (exact) mass is 559 g/mol. The van der Waals surface area contributed by atoms with Crippen LogP contribution in [-0.4, -0.2) is 53.1 Å². The second-order valence-electron chi connectivity index (χ2n) is 8.62. The van der Waals surface area contributed by atoms with Crippen molar-refractivity contribution < 1.29 is 22.8 Å². The van der Waals surface area contributed by atoms with Crippen molar-refractivity contribution in [2.75, 3.05) is 5.32 Å². The van der Waals surface area contributed by atoms with Gasteiger partial charge in [0.1, 0.15) is 11.2 Å². The first-order valence-corrected chi connectivity index (χ1v) is 12.6. The summed E-state index contributed by atoms with van der Waals surface area (Å²) in [7, 11) is 0. The molecule has 0 saturated carbocycles. The number of hydrogen-bond donors (Lipinski definition) is 2. The van der Waals surface area contributed by atoms with Crippen molar-refractivity contribution in [3.05, 3.63) is 76.6 Å². The van der Waals surface area contributed by atoms with Crippen LogP contribution in [0.4, 0.5) is 18.3 Å². The number of alkyl halides is 3. The Morgan fingerprint density at radius 3 is 2.69 bits per heavy atom. The van der Waals surface area contributed by atoms with Gasteiger partial charge < -0.3 is 10.6 Å². The molecule has 4 aromatic rings. The number of anilines is 1. The maximum atomic E-state index is 14.6. The molecule has 15 heteroatoms. The normalized spacial score (nSPS) is 12.2. The van der Waals surface area contributed by atoms with Crippen LogP contribution in [0.5, 0.6) is 0 Å². The molecular formula is C24H24F3N9O2S. The van der Waals surface area contributed by atoms with Crippen LogP contribution in [0.3, 0.4) is 0 Å². The van der Waals surface area contributed by atoms with Crippen LogP contribution in [0.2, 0.25) is 0 Å². The standard InChI is InChI=1S/C24H24F3N9O2S/c1-24(26,27)15-7-9-29-18(10-15)12-30-22(38)19-14-36(35-32-19)13-16(25)5-6-21-33-34-23(39-21)31-20(37)11-17-4-2-3-8-28-17/h2-4,7-10,14,16H,5-6,11-13H2,1H3,(H,30,38)(H,31,34,37). The van der Waals surface area contributed by atoms with Gasteiger partial charge in [-0.05, 0) is 30.7 Å². The molecule has 0 aromatic carbocycles. The Balaban J connectivity index is 1.20. The fraction of sp³-hybridized carbons (Fsp3) is 0.333. The zero-order chi connectivity index (χ0) is 27.8. The van der Waals surface area contributed by atoms with Crippen LogP contribution in [0.1, 0.15) is 45.8 Å². The third kappa shape index (κ3) is 8.36. The molecule has 0 saturated heterocycles. The highest BCUT2D eigenvalue weighted by Gasteiger charge is 2.24. The number of carbonyl (C=O) groups is 2. The maximum Gasteiger partial charge on any atom is 0.273 e. The first kappa shape index (κ1) is 27.8. The molecule has 204 valence electrons. The van der Waals surface area contributed by atoms with E-state index in [4.69, 9.17) is 0 Å². The van der Waals surface area contributed by atoms with Crippen molar-refractivity contribution in [3.8, 4) is 0 Å². The van der Waals surface area contributed by atoms with Crippen molar-refractivity contribution in [2.45, 2.75) is 51.4 Å². The first-order valence-electron chi connectivity index (χ1n) is 11.8. The molecule has 4 heterocycles. The minimum absolute atomic E-state index is 0.0469. The SMILES string of the molecule is CC(F)(F)c1ccnc(CNC(=O)c2cn(CC(F)CCc3nnc(NC(=O)Cc4ccccn4)s3)nn2)c1. The van der Waals surface area contributed by atoms with E-state index in [2.05, 4.69) is 41.1 Å². The van der Waals surface area contributed by atoms with E-state index in [1.54, 1.807) is 24.4 Å². The summed E-state index contributed by atoms with van der Waals surface area (Å²) in [4.78, 5) is 32.5. The molecule has 1 atom stereocenters. The summed E-state index contributed by atoms with van der Waals surface area (Å²) in [6, 6.07) is 7.71. The van der Waals surface area contributed by atoms with E-state index in [0.29, 0.717) is 22.3 Å². The second-order valence-corrected chi connectivity index (χ2v) is 9.68. The number of amides is 2. The minimum Gasteiger partial charge on any atom is -0.345 e. The van der Waals surface area contributed by atoms with Gasteiger partial charge in [0, 0.05) is 37.0 Å². The molecule has 0 radical (unpaired) electrons. The molecule has 1 unspecified atom stereocenters. The summed E-state index contributed by atoms with van der Waals surface area (Å²) in [6.45, 7) is 0.550. The summed E-state index contributed by atoms with van der Waals surface area (Å²) in [6.07, 6.45) is 3.34. The van der Waals surface area contributed by atoms with Crippen molar-refractivity contribution in [1.29, 1.82) is 0 Å². The zero-order valence-electron chi connectivity index (χ0n) is 20.7. The van der Waals surface area contributed by atoms with Gasteiger partial charge in [-0.15, -0.1) is 15.3 Å². The first-order chi connectivity index (χ1) is 18.7. The molecule has 0 bridgehead atoms. The number of nitrogens with one attached hydrogen (secondary N) is 2. The molecule has 4 rings (SSSR count). The molecule has 2 N–H and O–H groups in total. The Labute approximate surface area is 224 Å². The summed E-state index contributed by atoms with van der Waals surface area (Å²) >= 11 is 1.16. The molecule has 0 aliphatic heterocycles. The fourth-order valence-corrected chi connectivity index (χ4v) is 4.18. The van der Waals surface area contributed by atoms with Gasteiger partial charge in [-0.1, -0.05) is 22.6 Å². The summed E-state index contributed by atoms with van der Waals surface area (Å²) in [5.74, 6) is -3.90. The van der Waals surface area contributed by atoms with Crippen molar-refractivity contribution in [2.24, 2.45) is 0 Å². The van der Waals surface area contributed by atoms with E-state index in [-0.39, 0.29) is 48.8 Å². The van der Waals surface area contributed by atoms with Gasteiger partial charge in [0.25, 0.3) is 11.8 Å². The van der Waals surface area contributed by atoms with Crippen molar-refractivity contribution >= 4 is 28.3 Å². The number of aryl methyl sites for hydroxylation is 1. The predicted molar refractivity (Wildman–Crippen MR) is 135 cm³/mol. The van der Waals surface area contributed by atoms with E-state index in [9.17, 15) is 22.8 Å². The Morgan fingerprint density at radius 2 is 1.92 bits per heavy atom. The average Bonchev–Trinajstić information content (AvgIpc) is 3.56. The number of halogens is 3. The number of hydrogen-bond acceptors (Lipinski definition) is 9. The van der Waals surface area contributed by atoms with Gasteiger partial charge in [-0.2, -0.15) is 0 Å². The van der Waals surface area contributed by atoms with E-state index in [0.717, 1.165) is 18.3 Å². The molecule has 39 heavy (non-hydrogen) atoms. The van der Waals surface area contributed by atoms with Gasteiger partial charge in [0.05, 0.1) is 31.4 Å². The molecule has 2 amide bonds. The van der Waals surface area contributed by atoms with E-state index in [1.807, 2.05) is 0 Å². The Bertz CT molecular complexity index is 1410. The highest BCUT2D eigenvalue weighted by molar-refractivity contribution is 7.15. The molecule has 0 aliphatic rings. The highest BCUT2D eigenvalue weighted by Crippen LogP contribution is 2.26. The number of rotatable bonds is 12. The van der Waals surface area contributed by atoms with Gasteiger partial charge in [-0.3, -0.25) is 19.6 Å². The third-order valence-electron chi connectivity index (χ3n) is 5.36. The lowest BCUT2D eigenvalue weighted by atomic mass is 10.1. The molecular weight excluding hydrogens is 535 g/mol. The summed E-state index contributed by atoms with van der Waals surface area (Å²) in [5, 5.41) is 21.5. The third-order valence-corrected chi connectivity index (χ3v) is 6.26. The largest absolute Gasteiger partial charge is 0.345 e. The number of pyridine rings is 2. The molecule has 0 aliphatic carbocycles. The lowest BCUT2D eigenvalue weighted by molar-refractivity contribution is -0.115. The topological polar surface area (TPSA) is 140 Å². The van der Waals surface area contributed by atoms with Gasteiger partial charge in [0.2, 0.25) is 11.0 Å². The molecule has 0 spiro atoms. The van der Waals surface area contributed by atoms with Gasteiger partial charge in [-0.25, -0.2) is 17.9 Å². The number of carbonyl (C=O) groups excluding carboxylic acids is 2. The van der Waals surface area contributed by atoms with E-state index in [1.165, 1.54) is 29.2 Å². The van der Waals surface area contributed by atoms with Gasteiger partial charge >= 0.3 is 0 Å². The summed E-state index contributed by atoms with van der Waals surface area (Å²) in [5.41, 5.74) is 0.622. The highest BCUT2D eigenvalue weighted by atomic mass is 32.1. The molecule has 0 fully saturated rings. The maximum absolute atomic E-state index is 14.6. The van der Waals surface area contributed by atoms with Crippen LogP contribution < -0.4 is 10.6 Å². The van der Waals surface area contributed by atoms with Crippen molar-refractivity contribution in [1.82, 2.24) is 40.5 Å². The average molecular weight is 560 g/mol. The lowest BCUT2D eigenvalue weighted by Gasteiger charge is -2.11. The predicted octanol–water partition coefficient (Wildman–Crippen LogP) is 3.11. The minimum atomic E-state index is -3.03. The van der Waals surface area contributed by atoms with Crippen LogP contribution >= 0.6 is 11.3 Å². The zero-order valence-corrected chi connectivity index (χ0v) is 21.5. The van der Waals surface area contributed by atoms with Crippen LogP contribution in [0.25, 0.3) is 0 Å². The van der Waals surface area contributed by atoms with Crippen molar-refractivity contribution in [3.63, 3.8) is 0 Å². The summed E-state index contributed by atoms with van der Waals surface area (Å²) < 4.78 is 42.7. The van der Waals surface area contributed by atoms with Crippen LogP contribution in [0.15, 0.2) is 48.9 Å². The molecule has 11 nitrogen and oxygen atoms in total. The van der Waals surface area contributed by atoms with Crippen LogP contribution in [-0.2, 0) is 36.6 Å². The Kier molecular flexibility index (Phi) is 8.91. The lowest BCUT2D eigenvalue weighted by Crippen LogP contribution is -2.24. The van der Waals surface area contributed by atoms with E-state index >= 15 is 0 Å². The fourth-order valence-electron chi connectivity index (χ4n) is 3.41. The van der Waals surface area contributed by atoms with Crippen LogP contribution in [0, 0.1) is 0 Å². The quantitative estimate of drug-likeness (QED) is 0.270. The number of aromatic nitrogens is 7. The second kappa shape index (κ2) is 12.5. The van der Waals surface area contributed by atoms with Gasteiger partial charge in [0.15, 0.2) is 5.69 Å². The smallest absolute Gasteiger partial charge is 0.273 e. The van der Waals surface area contributed by atoms with E-state index < -0.39 is 18.0 Å². The Morgan fingerprint density at radius 1 is 1.10 bits per heavy atom. The molecule has 4 aromatic heterocycles.